The van der Waals surface area contributed by atoms with E-state index in [1.54, 1.807) is 4.57 Å². The van der Waals surface area contributed by atoms with Crippen molar-refractivity contribution in [3.05, 3.63) is 26.3 Å². The molecule has 0 radical (unpaired) electrons. The summed E-state index contributed by atoms with van der Waals surface area (Å²) in [6, 6.07) is 0.410. The Hall–Kier alpha value is -0.680. The smallest absolute Gasteiger partial charge is 0.312 e. The molecule has 1 aromatic rings. The Balaban J connectivity index is 2.32. The minimum Gasteiger partial charge on any atom is -0.312 e. The van der Waals surface area contributed by atoms with Gasteiger partial charge in [0.2, 0.25) is 0 Å². The molecule has 2 heterocycles. The molecule has 1 aromatic heterocycles. The van der Waals surface area contributed by atoms with E-state index in [1.807, 2.05) is 13.8 Å². The van der Waals surface area contributed by atoms with E-state index in [2.05, 4.69) is 26.2 Å². The monoisotopic (exact) mass is 285 g/mol. The molecule has 1 aliphatic rings. The molecule has 1 fully saturated rings. The van der Waals surface area contributed by atoms with E-state index in [1.165, 1.54) is 6.42 Å². The summed E-state index contributed by atoms with van der Waals surface area (Å²) in [6.07, 6.45) is 2.33. The van der Waals surface area contributed by atoms with Crippen LogP contribution >= 0.6 is 15.9 Å². The van der Waals surface area contributed by atoms with E-state index >= 15 is 0 Å². The van der Waals surface area contributed by atoms with Gasteiger partial charge in [0, 0.05) is 18.3 Å². The Kier molecular flexibility index (Phi) is 3.44. The molecule has 0 saturated carbocycles. The van der Waals surface area contributed by atoms with Crippen LogP contribution < -0.4 is 11.0 Å². The number of aryl methyl sites for hydroxylation is 1. The van der Waals surface area contributed by atoms with Crippen molar-refractivity contribution < 1.29 is 0 Å². The average molecular weight is 286 g/mol. The van der Waals surface area contributed by atoms with Gasteiger partial charge in [-0.3, -0.25) is 4.57 Å². The fourth-order valence-electron chi connectivity index (χ4n) is 2.12. The minimum absolute atomic E-state index is 0.146. The number of rotatable bonds is 2. The SMILES string of the molecule is Cc1nc(=O)n(C[C@@H]2CCCN2)c(C)c1Br. The molecule has 0 aromatic carbocycles. The Morgan fingerprint density at radius 1 is 1.56 bits per heavy atom. The first kappa shape index (κ1) is 11.8. The van der Waals surface area contributed by atoms with Crippen LogP contribution in [0.1, 0.15) is 24.2 Å². The molecule has 1 N–H and O–H groups in total. The van der Waals surface area contributed by atoms with Gasteiger partial charge in [-0.25, -0.2) is 4.79 Å². The number of aromatic nitrogens is 2. The van der Waals surface area contributed by atoms with E-state index in [0.29, 0.717) is 6.04 Å². The molecule has 0 amide bonds. The van der Waals surface area contributed by atoms with Gasteiger partial charge in [-0.1, -0.05) is 0 Å². The van der Waals surface area contributed by atoms with Crippen LogP contribution in [0.5, 0.6) is 0 Å². The molecular weight excluding hydrogens is 270 g/mol. The molecule has 2 rings (SSSR count). The second-order valence-corrected chi connectivity index (χ2v) is 5.08. The summed E-state index contributed by atoms with van der Waals surface area (Å²) in [5.74, 6) is 0. The highest BCUT2D eigenvalue weighted by Crippen LogP contribution is 2.17. The first-order valence-corrected chi connectivity index (χ1v) is 6.36. The van der Waals surface area contributed by atoms with Gasteiger partial charge in [0.15, 0.2) is 0 Å². The van der Waals surface area contributed by atoms with E-state index < -0.39 is 0 Å². The lowest BCUT2D eigenvalue weighted by Gasteiger charge is -2.16. The third-order valence-corrected chi connectivity index (χ3v) is 4.25. The third-order valence-electron chi connectivity index (χ3n) is 3.10. The highest BCUT2D eigenvalue weighted by atomic mass is 79.9. The van der Waals surface area contributed by atoms with Crippen molar-refractivity contribution >= 4 is 15.9 Å². The molecule has 88 valence electrons. The zero-order valence-corrected chi connectivity index (χ0v) is 11.2. The summed E-state index contributed by atoms with van der Waals surface area (Å²) >= 11 is 3.47. The zero-order valence-electron chi connectivity index (χ0n) is 9.59. The van der Waals surface area contributed by atoms with Gasteiger partial charge in [0.25, 0.3) is 0 Å². The number of halogens is 1. The van der Waals surface area contributed by atoms with Crippen LogP contribution in [0.4, 0.5) is 0 Å². The van der Waals surface area contributed by atoms with Crippen molar-refractivity contribution in [3.8, 4) is 0 Å². The molecule has 1 atom stereocenters. The van der Waals surface area contributed by atoms with E-state index in [4.69, 9.17) is 0 Å². The molecule has 0 unspecified atom stereocenters. The van der Waals surface area contributed by atoms with Gasteiger partial charge in [0.05, 0.1) is 10.2 Å². The minimum atomic E-state index is -0.146. The van der Waals surface area contributed by atoms with Gasteiger partial charge < -0.3 is 5.32 Å². The largest absolute Gasteiger partial charge is 0.348 e. The summed E-state index contributed by atoms with van der Waals surface area (Å²) < 4.78 is 2.69. The number of hydrogen-bond donors (Lipinski definition) is 1. The Morgan fingerprint density at radius 2 is 2.31 bits per heavy atom. The average Bonchev–Trinajstić information content (AvgIpc) is 2.74. The molecule has 1 aliphatic heterocycles. The van der Waals surface area contributed by atoms with Gasteiger partial charge in [0.1, 0.15) is 0 Å². The quantitative estimate of drug-likeness (QED) is 0.893. The first-order valence-electron chi connectivity index (χ1n) is 5.56. The van der Waals surface area contributed by atoms with Crippen molar-refractivity contribution in [1.82, 2.24) is 14.9 Å². The third kappa shape index (κ3) is 2.20. The molecule has 5 heteroatoms. The summed E-state index contributed by atoms with van der Waals surface area (Å²) in [7, 11) is 0. The topological polar surface area (TPSA) is 46.9 Å². The Labute approximate surface area is 103 Å². The number of nitrogens with zero attached hydrogens (tertiary/aromatic N) is 2. The predicted molar refractivity (Wildman–Crippen MR) is 66.7 cm³/mol. The molecule has 1 saturated heterocycles. The van der Waals surface area contributed by atoms with Gasteiger partial charge in [-0.15, -0.1) is 0 Å². The van der Waals surface area contributed by atoms with Crippen LogP contribution in [0.3, 0.4) is 0 Å². The maximum Gasteiger partial charge on any atom is 0.348 e. The maximum absolute atomic E-state index is 11.8. The predicted octanol–water partition coefficient (Wildman–Crippen LogP) is 1.37. The molecule has 0 spiro atoms. The normalized spacial score (nSPS) is 20.3. The lowest BCUT2D eigenvalue weighted by atomic mass is 10.2. The van der Waals surface area contributed by atoms with Gasteiger partial charge >= 0.3 is 5.69 Å². The molecule has 16 heavy (non-hydrogen) atoms. The van der Waals surface area contributed by atoms with Crippen LogP contribution in [-0.4, -0.2) is 22.1 Å². The van der Waals surface area contributed by atoms with Crippen molar-refractivity contribution in [1.29, 1.82) is 0 Å². The molecule has 0 bridgehead atoms. The standard InChI is InChI=1S/C11H16BrN3O/c1-7-10(12)8(2)15(11(16)14-7)6-9-4-3-5-13-9/h9,13H,3-6H2,1-2H3/t9-/m0/s1. The van der Waals surface area contributed by atoms with Gasteiger partial charge in [-0.05, 0) is 49.2 Å². The fourth-order valence-corrected chi connectivity index (χ4v) is 2.43. The fraction of sp³-hybridized carbons (Fsp3) is 0.636. The highest BCUT2D eigenvalue weighted by Gasteiger charge is 2.17. The van der Waals surface area contributed by atoms with Crippen molar-refractivity contribution in [3.63, 3.8) is 0 Å². The van der Waals surface area contributed by atoms with Crippen molar-refractivity contribution in [2.45, 2.75) is 39.3 Å². The van der Waals surface area contributed by atoms with Crippen LogP contribution in [0, 0.1) is 13.8 Å². The second kappa shape index (κ2) is 4.67. The number of hydrogen-bond acceptors (Lipinski definition) is 3. The van der Waals surface area contributed by atoms with Crippen LogP contribution in [0.15, 0.2) is 9.27 Å². The summed E-state index contributed by atoms with van der Waals surface area (Å²) in [6.45, 7) is 5.57. The Bertz CT molecular complexity index is 449. The van der Waals surface area contributed by atoms with Gasteiger partial charge in [-0.2, -0.15) is 4.98 Å². The maximum atomic E-state index is 11.8. The number of nitrogens with one attached hydrogen (secondary N) is 1. The highest BCUT2D eigenvalue weighted by molar-refractivity contribution is 9.10. The second-order valence-electron chi connectivity index (χ2n) is 4.28. The van der Waals surface area contributed by atoms with E-state index in [-0.39, 0.29) is 5.69 Å². The van der Waals surface area contributed by atoms with Crippen molar-refractivity contribution in [2.75, 3.05) is 6.54 Å². The van der Waals surface area contributed by atoms with Crippen molar-refractivity contribution in [2.24, 2.45) is 0 Å². The lowest BCUT2D eigenvalue weighted by molar-refractivity contribution is 0.483. The van der Waals surface area contributed by atoms with Crippen LogP contribution in [0.25, 0.3) is 0 Å². The lowest BCUT2D eigenvalue weighted by Crippen LogP contribution is -2.35. The van der Waals surface area contributed by atoms with E-state index in [0.717, 1.165) is 35.4 Å². The summed E-state index contributed by atoms with van der Waals surface area (Å²) in [5, 5.41) is 3.39. The summed E-state index contributed by atoms with van der Waals surface area (Å²) in [5.41, 5.74) is 1.58. The van der Waals surface area contributed by atoms with Crippen LogP contribution in [0.2, 0.25) is 0 Å². The Morgan fingerprint density at radius 3 is 2.94 bits per heavy atom. The van der Waals surface area contributed by atoms with Crippen LogP contribution in [-0.2, 0) is 6.54 Å². The van der Waals surface area contributed by atoms with E-state index in [9.17, 15) is 4.79 Å². The molecular formula is C11H16BrN3O. The zero-order chi connectivity index (χ0) is 11.7. The molecule has 4 nitrogen and oxygen atoms in total. The summed E-state index contributed by atoms with van der Waals surface area (Å²) in [4.78, 5) is 15.8. The molecule has 0 aliphatic carbocycles. The first-order chi connectivity index (χ1) is 7.59.